The topological polar surface area (TPSA) is 59.2 Å². The summed E-state index contributed by atoms with van der Waals surface area (Å²) < 4.78 is 4.74. The van der Waals surface area contributed by atoms with Gasteiger partial charge in [-0.25, -0.2) is 0 Å². The second-order valence-corrected chi connectivity index (χ2v) is 2.56. The van der Waals surface area contributed by atoms with Gasteiger partial charge in [-0.15, -0.1) is 0 Å². The molecule has 0 aromatic carbocycles. The van der Waals surface area contributed by atoms with Crippen molar-refractivity contribution in [2.24, 2.45) is 0 Å². The third-order valence-corrected chi connectivity index (χ3v) is 1.72. The molecule has 66 valence electrons. The zero-order chi connectivity index (χ0) is 9.10. The standard InChI is InChI=1S/C9H8N2O2/c12-5-7-6-13-11-9(7)8-3-1-2-4-10-8/h1-4,6,12H,5H2. The molecule has 1 N–H and O–H groups in total. The molecule has 4 heteroatoms. The van der Waals surface area contributed by atoms with E-state index in [1.165, 1.54) is 6.26 Å². The molecule has 0 saturated heterocycles. The van der Waals surface area contributed by atoms with E-state index in [9.17, 15) is 0 Å². The summed E-state index contributed by atoms with van der Waals surface area (Å²) >= 11 is 0. The monoisotopic (exact) mass is 176 g/mol. The van der Waals surface area contributed by atoms with E-state index in [2.05, 4.69) is 10.1 Å². The highest BCUT2D eigenvalue weighted by atomic mass is 16.5. The molecule has 2 heterocycles. The number of aliphatic hydroxyl groups is 1. The first-order chi connectivity index (χ1) is 6.42. The van der Waals surface area contributed by atoms with Gasteiger partial charge in [-0.1, -0.05) is 11.2 Å². The highest BCUT2D eigenvalue weighted by Gasteiger charge is 2.09. The van der Waals surface area contributed by atoms with Crippen molar-refractivity contribution >= 4 is 0 Å². The Morgan fingerprint density at radius 1 is 1.38 bits per heavy atom. The Morgan fingerprint density at radius 3 is 3.00 bits per heavy atom. The van der Waals surface area contributed by atoms with Crippen LogP contribution in [0.25, 0.3) is 11.4 Å². The van der Waals surface area contributed by atoms with Crippen molar-refractivity contribution < 1.29 is 9.63 Å². The minimum atomic E-state index is -0.0879. The van der Waals surface area contributed by atoms with E-state index in [1.54, 1.807) is 6.20 Å². The Hall–Kier alpha value is -1.68. The number of hydrogen-bond donors (Lipinski definition) is 1. The van der Waals surface area contributed by atoms with Crippen LogP contribution in [-0.2, 0) is 6.61 Å². The molecule has 0 aliphatic carbocycles. The van der Waals surface area contributed by atoms with E-state index < -0.39 is 0 Å². The van der Waals surface area contributed by atoms with Crippen LogP contribution in [0.1, 0.15) is 5.56 Å². The summed E-state index contributed by atoms with van der Waals surface area (Å²) in [5.41, 5.74) is 1.96. The second-order valence-electron chi connectivity index (χ2n) is 2.56. The lowest BCUT2D eigenvalue weighted by atomic mass is 10.2. The van der Waals surface area contributed by atoms with Gasteiger partial charge in [0.15, 0.2) is 0 Å². The average Bonchev–Trinajstić information content (AvgIpc) is 2.67. The molecule has 0 atom stereocenters. The van der Waals surface area contributed by atoms with Crippen molar-refractivity contribution in [3.63, 3.8) is 0 Å². The molecule has 4 nitrogen and oxygen atoms in total. The molecule has 0 saturated carbocycles. The minimum absolute atomic E-state index is 0.0879. The fourth-order valence-corrected chi connectivity index (χ4v) is 1.08. The van der Waals surface area contributed by atoms with Crippen LogP contribution in [0.3, 0.4) is 0 Å². The van der Waals surface area contributed by atoms with E-state index in [-0.39, 0.29) is 6.61 Å². The van der Waals surface area contributed by atoms with Gasteiger partial charge in [-0.05, 0) is 12.1 Å². The van der Waals surface area contributed by atoms with Crippen LogP contribution in [-0.4, -0.2) is 15.2 Å². The Labute approximate surface area is 74.8 Å². The molecule has 2 aromatic rings. The Bertz CT molecular complexity index is 384. The van der Waals surface area contributed by atoms with Crippen molar-refractivity contribution in [3.8, 4) is 11.4 Å². The zero-order valence-corrected chi connectivity index (χ0v) is 6.84. The van der Waals surface area contributed by atoms with Crippen LogP contribution in [0.2, 0.25) is 0 Å². The van der Waals surface area contributed by atoms with Crippen molar-refractivity contribution in [3.05, 3.63) is 36.2 Å². The van der Waals surface area contributed by atoms with Crippen LogP contribution >= 0.6 is 0 Å². The van der Waals surface area contributed by atoms with Crippen LogP contribution in [0.4, 0.5) is 0 Å². The first-order valence-electron chi connectivity index (χ1n) is 3.87. The summed E-state index contributed by atoms with van der Waals surface area (Å²) in [6.45, 7) is -0.0879. The summed E-state index contributed by atoms with van der Waals surface area (Å²) in [4.78, 5) is 4.10. The van der Waals surface area contributed by atoms with Gasteiger partial charge < -0.3 is 9.63 Å². The molecule has 0 bridgehead atoms. The molecule has 0 fully saturated rings. The first-order valence-corrected chi connectivity index (χ1v) is 3.87. The second kappa shape index (κ2) is 3.37. The Morgan fingerprint density at radius 2 is 2.31 bits per heavy atom. The number of pyridine rings is 1. The molecular formula is C9H8N2O2. The van der Waals surface area contributed by atoms with Gasteiger partial charge in [0.2, 0.25) is 0 Å². The minimum Gasteiger partial charge on any atom is -0.391 e. The smallest absolute Gasteiger partial charge is 0.137 e. The molecule has 2 aromatic heterocycles. The normalized spacial score (nSPS) is 10.2. The van der Waals surface area contributed by atoms with Gasteiger partial charge in [-0.2, -0.15) is 0 Å². The van der Waals surface area contributed by atoms with E-state index in [1.807, 2.05) is 18.2 Å². The largest absolute Gasteiger partial charge is 0.391 e. The molecule has 0 aliphatic rings. The van der Waals surface area contributed by atoms with E-state index in [0.29, 0.717) is 17.0 Å². The maximum atomic E-state index is 8.94. The third kappa shape index (κ3) is 1.43. The number of hydrogen-bond acceptors (Lipinski definition) is 4. The third-order valence-electron chi connectivity index (χ3n) is 1.72. The summed E-state index contributed by atoms with van der Waals surface area (Å²) in [7, 11) is 0. The van der Waals surface area contributed by atoms with Crippen molar-refractivity contribution in [2.75, 3.05) is 0 Å². The van der Waals surface area contributed by atoms with E-state index in [4.69, 9.17) is 9.63 Å². The SMILES string of the molecule is OCc1conc1-c1ccccn1. The predicted molar refractivity (Wildman–Crippen MR) is 45.7 cm³/mol. The predicted octanol–water partition coefficient (Wildman–Crippen LogP) is 1.23. The molecule has 0 aliphatic heterocycles. The fourth-order valence-electron chi connectivity index (χ4n) is 1.08. The molecule has 2 rings (SSSR count). The number of aliphatic hydroxyl groups excluding tert-OH is 1. The van der Waals surface area contributed by atoms with Crippen molar-refractivity contribution in [2.45, 2.75) is 6.61 Å². The lowest BCUT2D eigenvalue weighted by Crippen LogP contribution is -1.87. The number of aromatic nitrogens is 2. The van der Waals surface area contributed by atoms with Gasteiger partial charge in [0.25, 0.3) is 0 Å². The molecule has 13 heavy (non-hydrogen) atoms. The van der Waals surface area contributed by atoms with Gasteiger partial charge in [0.05, 0.1) is 12.3 Å². The highest BCUT2D eigenvalue weighted by molar-refractivity contribution is 5.56. The Balaban J connectivity index is 2.47. The quantitative estimate of drug-likeness (QED) is 0.747. The zero-order valence-electron chi connectivity index (χ0n) is 6.84. The number of nitrogens with zero attached hydrogens (tertiary/aromatic N) is 2. The van der Waals surface area contributed by atoms with Crippen molar-refractivity contribution in [1.82, 2.24) is 10.1 Å². The maximum absolute atomic E-state index is 8.94. The van der Waals surface area contributed by atoms with E-state index >= 15 is 0 Å². The van der Waals surface area contributed by atoms with Crippen LogP contribution in [0, 0.1) is 0 Å². The first kappa shape index (κ1) is 7.94. The fraction of sp³-hybridized carbons (Fsp3) is 0.111. The van der Waals surface area contributed by atoms with Crippen LogP contribution in [0.5, 0.6) is 0 Å². The van der Waals surface area contributed by atoms with Gasteiger partial charge in [0, 0.05) is 11.8 Å². The van der Waals surface area contributed by atoms with Gasteiger partial charge in [0.1, 0.15) is 12.0 Å². The summed E-state index contributed by atoms with van der Waals surface area (Å²) in [5, 5.41) is 12.7. The Kier molecular flexibility index (Phi) is 2.06. The molecule has 0 unspecified atom stereocenters. The van der Waals surface area contributed by atoms with Gasteiger partial charge in [-0.3, -0.25) is 4.98 Å². The van der Waals surface area contributed by atoms with E-state index in [0.717, 1.165) is 0 Å². The lowest BCUT2D eigenvalue weighted by Gasteiger charge is -1.95. The molecule has 0 amide bonds. The summed E-state index contributed by atoms with van der Waals surface area (Å²) in [6, 6.07) is 5.50. The molecule has 0 radical (unpaired) electrons. The van der Waals surface area contributed by atoms with Gasteiger partial charge >= 0.3 is 0 Å². The highest BCUT2D eigenvalue weighted by Crippen LogP contribution is 2.18. The maximum Gasteiger partial charge on any atom is 0.137 e. The molecule has 0 spiro atoms. The van der Waals surface area contributed by atoms with Crippen LogP contribution in [0.15, 0.2) is 35.2 Å². The van der Waals surface area contributed by atoms with Crippen LogP contribution < -0.4 is 0 Å². The summed E-state index contributed by atoms with van der Waals surface area (Å²) in [5.74, 6) is 0. The van der Waals surface area contributed by atoms with Crippen molar-refractivity contribution in [1.29, 1.82) is 0 Å². The number of rotatable bonds is 2. The average molecular weight is 176 g/mol. The summed E-state index contributed by atoms with van der Waals surface area (Å²) in [6.07, 6.45) is 3.09. The lowest BCUT2D eigenvalue weighted by molar-refractivity contribution is 0.280. The molecular weight excluding hydrogens is 168 g/mol.